The first-order valence-electron chi connectivity index (χ1n) is 7.20. The van der Waals surface area contributed by atoms with Crippen molar-refractivity contribution in [1.29, 1.82) is 0 Å². The van der Waals surface area contributed by atoms with E-state index in [4.69, 9.17) is 12.2 Å². The van der Waals surface area contributed by atoms with Crippen LogP contribution in [0.1, 0.15) is 11.1 Å². The van der Waals surface area contributed by atoms with Crippen molar-refractivity contribution in [2.45, 2.75) is 18.7 Å². The number of thiocarbonyl (C=S) groups is 1. The van der Waals surface area contributed by atoms with Gasteiger partial charge in [-0.2, -0.15) is 0 Å². The van der Waals surface area contributed by atoms with Crippen LogP contribution in [-0.4, -0.2) is 17.4 Å². The average molecular weight is 332 g/mol. The lowest BCUT2D eigenvalue weighted by molar-refractivity contribution is 0.934. The predicted octanol–water partition coefficient (Wildman–Crippen LogP) is 3.89. The third-order valence-corrected chi connectivity index (χ3v) is 4.35. The molecule has 0 unspecified atom stereocenters. The monoisotopic (exact) mass is 331 g/mol. The maximum atomic E-state index is 5.26. The van der Waals surface area contributed by atoms with Crippen LogP contribution in [0.15, 0.2) is 53.4 Å². The van der Waals surface area contributed by atoms with Crippen LogP contribution >= 0.6 is 24.0 Å². The van der Waals surface area contributed by atoms with Gasteiger partial charge >= 0.3 is 0 Å². The van der Waals surface area contributed by atoms with E-state index in [-0.39, 0.29) is 0 Å². The van der Waals surface area contributed by atoms with Gasteiger partial charge in [-0.15, -0.1) is 11.8 Å². The number of anilines is 1. The molecule has 5 heteroatoms. The standard InChI is InChI=1S/C17H21N3S2/c1-13-8-9-16(14(2)12-13)19-20-17(21)18-10-11-22-15-6-4-3-5-7-15/h3-9,12,19H,10-11H2,1-2H3,(H2,18,20,21). The Labute approximate surface area is 141 Å². The zero-order valence-electron chi connectivity index (χ0n) is 12.8. The minimum absolute atomic E-state index is 0.605. The molecule has 2 aromatic carbocycles. The molecule has 3 nitrogen and oxygen atoms in total. The van der Waals surface area contributed by atoms with E-state index in [1.165, 1.54) is 16.0 Å². The van der Waals surface area contributed by atoms with Gasteiger partial charge in [-0.05, 0) is 49.8 Å². The molecule has 0 aliphatic rings. The number of rotatable bonds is 6. The van der Waals surface area contributed by atoms with Gasteiger partial charge in [-0.25, -0.2) is 0 Å². The summed E-state index contributed by atoms with van der Waals surface area (Å²) >= 11 is 7.07. The largest absolute Gasteiger partial charge is 0.361 e. The fourth-order valence-corrected chi connectivity index (χ4v) is 2.91. The quantitative estimate of drug-likeness (QED) is 0.324. The summed E-state index contributed by atoms with van der Waals surface area (Å²) in [4.78, 5) is 1.27. The molecule has 22 heavy (non-hydrogen) atoms. The zero-order chi connectivity index (χ0) is 15.8. The molecular formula is C17H21N3S2. The lowest BCUT2D eigenvalue weighted by Gasteiger charge is -2.14. The topological polar surface area (TPSA) is 36.1 Å². The summed E-state index contributed by atoms with van der Waals surface area (Å²) < 4.78 is 0. The van der Waals surface area contributed by atoms with E-state index in [1.807, 2.05) is 23.9 Å². The molecule has 2 rings (SSSR count). The van der Waals surface area contributed by atoms with Crippen LogP contribution in [0, 0.1) is 13.8 Å². The molecule has 0 bridgehead atoms. The molecule has 0 radical (unpaired) electrons. The van der Waals surface area contributed by atoms with Crippen LogP contribution in [0.25, 0.3) is 0 Å². The Hall–Kier alpha value is -1.72. The summed E-state index contributed by atoms with van der Waals surface area (Å²) in [6.07, 6.45) is 0. The Bertz CT molecular complexity index is 615. The number of nitrogens with one attached hydrogen (secondary N) is 3. The molecule has 0 heterocycles. The lowest BCUT2D eigenvalue weighted by Crippen LogP contribution is -2.39. The van der Waals surface area contributed by atoms with Crippen molar-refractivity contribution in [2.24, 2.45) is 0 Å². The summed E-state index contributed by atoms with van der Waals surface area (Å²) in [7, 11) is 0. The SMILES string of the molecule is Cc1ccc(NNC(=S)NCCSc2ccccc2)c(C)c1. The molecule has 2 aromatic rings. The summed E-state index contributed by atoms with van der Waals surface area (Å²) in [5, 5.41) is 3.80. The Morgan fingerprint density at radius 3 is 2.59 bits per heavy atom. The Morgan fingerprint density at radius 1 is 1.09 bits per heavy atom. The van der Waals surface area contributed by atoms with Crippen molar-refractivity contribution in [1.82, 2.24) is 10.7 Å². The third kappa shape index (κ3) is 5.58. The zero-order valence-corrected chi connectivity index (χ0v) is 14.5. The number of aryl methyl sites for hydroxylation is 2. The van der Waals surface area contributed by atoms with Gasteiger partial charge in [0, 0.05) is 17.2 Å². The van der Waals surface area contributed by atoms with Gasteiger partial charge in [-0.3, -0.25) is 10.9 Å². The molecule has 0 aliphatic heterocycles. The summed E-state index contributed by atoms with van der Waals surface area (Å²) in [6.45, 7) is 4.98. The summed E-state index contributed by atoms with van der Waals surface area (Å²) in [5.74, 6) is 0.968. The molecule has 0 aromatic heterocycles. The van der Waals surface area contributed by atoms with Crippen molar-refractivity contribution >= 4 is 34.8 Å². The van der Waals surface area contributed by atoms with E-state index in [0.29, 0.717) is 5.11 Å². The van der Waals surface area contributed by atoms with E-state index >= 15 is 0 Å². The highest BCUT2D eigenvalue weighted by molar-refractivity contribution is 7.99. The average Bonchev–Trinajstić information content (AvgIpc) is 2.52. The van der Waals surface area contributed by atoms with Crippen LogP contribution in [0.3, 0.4) is 0 Å². The molecule has 116 valence electrons. The van der Waals surface area contributed by atoms with E-state index < -0.39 is 0 Å². The Kier molecular flexibility index (Phi) is 6.55. The molecule has 0 amide bonds. The van der Waals surface area contributed by atoms with Crippen molar-refractivity contribution < 1.29 is 0 Å². The minimum atomic E-state index is 0.605. The molecule has 0 spiro atoms. The molecule has 0 saturated heterocycles. The predicted molar refractivity (Wildman–Crippen MR) is 100 cm³/mol. The molecule has 0 saturated carbocycles. The maximum absolute atomic E-state index is 5.26. The second-order valence-corrected chi connectivity index (χ2v) is 6.56. The fraction of sp³-hybridized carbons (Fsp3) is 0.235. The third-order valence-electron chi connectivity index (χ3n) is 3.09. The first-order valence-corrected chi connectivity index (χ1v) is 8.59. The summed E-state index contributed by atoms with van der Waals surface area (Å²) in [5.41, 5.74) is 9.63. The van der Waals surface area contributed by atoms with Crippen LogP contribution in [0.2, 0.25) is 0 Å². The highest BCUT2D eigenvalue weighted by Crippen LogP contribution is 2.16. The van der Waals surface area contributed by atoms with Crippen LogP contribution in [0.4, 0.5) is 5.69 Å². The van der Waals surface area contributed by atoms with E-state index in [2.05, 4.69) is 66.4 Å². The fourth-order valence-electron chi connectivity index (χ4n) is 1.97. The highest BCUT2D eigenvalue weighted by atomic mass is 32.2. The van der Waals surface area contributed by atoms with E-state index in [1.54, 1.807) is 0 Å². The summed E-state index contributed by atoms with van der Waals surface area (Å²) in [6, 6.07) is 16.6. The van der Waals surface area contributed by atoms with E-state index in [9.17, 15) is 0 Å². The Balaban J connectivity index is 1.65. The number of benzene rings is 2. The second-order valence-electron chi connectivity index (χ2n) is 4.99. The van der Waals surface area contributed by atoms with E-state index in [0.717, 1.165) is 18.0 Å². The number of hydrazine groups is 1. The smallest absolute Gasteiger partial charge is 0.185 e. The van der Waals surface area contributed by atoms with Gasteiger partial charge in [0.15, 0.2) is 5.11 Å². The molecular weight excluding hydrogens is 310 g/mol. The van der Waals surface area contributed by atoms with Crippen molar-refractivity contribution in [3.63, 3.8) is 0 Å². The normalized spacial score (nSPS) is 10.1. The lowest BCUT2D eigenvalue weighted by atomic mass is 10.1. The first kappa shape index (κ1) is 16.6. The molecule has 0 fully saturated rings. The van der Waals surface area contributed by atoms with Gasteiger partial charge in [0.25, 0.3) is 0 Å². The van der Waals surface area contributed by atoms with Gasteiger partial charge < -0.3 is 5.32 Å². The van der Waals surface area contributed by atoms with Crippen molar-refractivity contribution in [3.8, 4) is 0 Å². The second kappa shape index (κ2) is 8.66. The van der Waals surface area contributed by atoms with Crippen molar-refractivity contribution in [3.05, 3.63) is 59.7 Å². The van der Waals surface area contributed by atoms with Gasteiger partial charge in [-0.1, -0.05) is 35.9 Å². The Morgan fingerprint density at radius 2 is 1.86 bits per heavy atom. The molecule has 3 N–H and O–H groups in total. The van der Waals surface area contributed by atoms with Gasteiger partial charge in [0.05, 0.1) is 5.69 Å². The van der Waals surface area contributed by atoms with Crippen LogP contribution in [-0.2, 0) is 0 Å². The molecule has 0 atom stereocenters. The van der Waals surface area contributed by atoms with Crippen LogP contribution < -0.4 is 16.2 Å². The highest BCUT2D eigenvalue weighted by Gasteiger charge is 1.99. The van der Waals surface area contributed by atoms with Crippen LogP contribution in [0.5, 0.6) is 0 Å². The van der Waals surface area contributed by atoms with Crippen molar-refractivity contribution in [2.75, 3.05) is 17.7 Å². The first-order chi connectivity index (χ1) is 10.6. The number of thioether (sulfide) groups is 1. The molecule has 0 aliphatic carbocycles. The number of hydrogen-bond acceptors (Lipinski definition) is 3. The number of hydrogen-bond donors (Lipinski definition) is 3. The minimum Gasteiger partial charge on any atom is -0.361 e. The van der Waals surface area contributed by atoms with Gasteiger partial charge in [0.2, 0.25) is 0 Å². The maximum Gasteiger partial charge on any atom is 0.185 e. The van der Waals surface area contributed by atoms with Gasteiger partial charge in [0.1, 0.15) is 0 Å².